The number of hydrogen-bond acceptors (Lipinski definition) is 7. The zero-order valence-electron chi connectivity index (χ0n) is 18.8. The summed E-state index contributed by atoms with van der Waals surface area (Å²) >= 11 is 0. The van der Waals surface area contributed by atoms with Gasteiger partial charge in [0.15, 0.2) is 18.1 Å². The van der Waals surface area contributed by atoms with E-state index in [0.29, 0.717) is 12.2 Å². The molecule has 1 saturated heterocycles. The molecule has 0 spiro atoms. The first-order chi connectivity index (χ1) is 17.0. The van der Waals surface area contributed by atoms with Gasteiger partial charge in [-0.05, 0) is 40.8 Å². The number of H-pyrrole nitrogens is 1. The van der Waals surface area contributed by atoms with Gasteiger partial charge in [-0.15, -0.1) is 0 Å². The molecule has 3 aromatic carbocycles. The largest absolute Gasteiger partial charge is 0.394 e. The Balaban J connectivity index is 1.34. The van der Waals surface area contributed by atoms with E-state index in [9.17, 15) is 20.4 Å². The van der Waals surface area contributed by atoms with Crippen LogP contribution in [0.5, 0.6) is 5.75 Å². The highest BCUT2D eigenvalue weighted by Gasteiger charge is 2.45. The van der Waals surface area contributed by atoms with Gasteiger partial charge in [0.05, 0.1) is 6.61 Å². The summed E-state index contributed by atoms with van der Waals surface area (Å²) in [6, 6.07) is 24.0. The molecule has 35 heavy (non-hydrogen) atoms. The van der Waals surface area contributed by atoms with Gasteiger partial charge in [-0.2, -0.15) is 4.89 Å². The third kappa shape index (κ3) is 4.81. The molecule has 5 atom stereocenters. The van der Waals surface area contributed by atoms with Crippen LogP contribution in [0, 0.1) is 0 Å². The Labute approximate surface area is 201 Å². The van der Waals surface area contributed by atoms with Crippen LogP contribution >= 0.6 is 0 Å². The second-order valence-corrected chi connectivity index (χ2v) is 8.61. The lowest BCUT2D eigenvalue weighted by Crippen LogP contribution is -2.59. The highest BCUT2D eigenvalue weighted by Crippen LogP contribution is 2.32. The Kier molecular flexibility index (Phi) is 6.83. The number of rotatable bonds is 7. The molecule has 182 valence electrons. The van der Waals surface area contributed by atoms with Crippen LogP contribution in [0.4, 0.5) is 0 Å². The Morgan fingerprint density at radius 2 is 1.57 bits per heavy atom. The fourth-order valence-electron chi connectivity index (χ4n) is 4.38. The van der Waals surface area contributed by atoms with Crippen LogP contribution in [0.2, 0.25) is 0 Å². The van der Waals surface area contributed by atoms with Gasteiger partial charge in [0.25, 0.3) is 0 Å². The fraction of sp³-hybridized carbons (Fsp3) is 0.259. The van der Waals surface area contributed by atoms with E-state index in [-0.39, 0.29) is 0 Å². The van der Waals surface area contributed by atoms with E-state index >= 15 is 0 Å². The number of ether oxygens (including phenoxy) is 1. The molecular formula is C27H27NO7. The van der Waals surface area contributed by atoms with Gasteiger partial charge >= 0.3 is 0 Å². The zero-order chi connectivity index (χ0) is 24.4. The van der Waals surface area contributed by atoms with E-state index in [1.807, 2.05) is 30.5 Å². The maximum Gasteiger partial charge on any atom is 0.188 e. The van der Waals surface area contributed by atoms with Gasteiger partial charge in [0, 0.05) is 17.1 Å². The van der Waals surface area contributed by atoms with Crippen LogP contribution in [0.25, 0.3) is 22.0 Å². The van der Waals surface area contributed by atoms with Crippen LogP contribution in [0.15, 0.2) is 79.0 Å². The highest BCUT2D eigenvalue weighted by atomic mass is 17.2. The number of nitrogens with one attached hydrogen (secondary N) is 1. The van der Waals surface area contributed by atoms with E-state index in [2.05, 4.69) is 41.4 Å². The molecule has 0 radical (unpaired) electrons. The number of hydrogen-bond donors (Lipinski definition) is 5. The lowest BCUT2D eigenvalue weighted by Gasteiger charge is -2.38. The molecule has 5 N–H and O–H groups in total. The van der Waals surface area contributed by atoms with Crippen molar-refractivity contribution in [3.05, 3.63) is 90.1 Å². The number of fused-ring (bicyclic) bond motifs is 1. The first kappa shape index (κ1) is 23.5. The summed E-state index contributed by atoms with van der Waals surface area (Å²) in [5.74, 6) is 0.387. The summed E-state index contributed by atoms with van der Waals surface area (Å²) in [5, 5.41) is 40.6. The SMILES string of the molecule is OC[C@H]1O[C@@H](O)[C@H](OOc2cccc3[nH]cc(Cc4ccc(-c5ccccc5)cc4)c23)[C@@H](O)[C@@H]1O. The molecule has 0 amide bonds. The molecule has 1 aliphatic heterocycles. The molecule has 0 bridgehead atoms. The van der Waals surface area contributed by atoms with E-state index in [4.69, 9.17) is 14.5 Å². The van der Waals surface area contributed by atoms with Gasteiger partial charge in [0.2, 0.25) is 0 Å². The summed E-state index contributed by atoms with van der Waals surface area (Å²) in [6.07, 6.45) is -4.46. The van der Waals surface area contributed by atoms with Gasteiger partial charge in [-0.3, -0.25) is 0 Å². The standard InChI is InChI=1S/C27H27NO7/c29-15-22-24(30)25(31)26(27(32)33-22)35-34-21-8-4-7-20-23(21)19(14-28-20)13-16-9-11-18(12-10-16)17-5-2-1-3-6-17/h1-12,14,22,24-32H,13,15H2/t22-,24-,25+,26-,27-/m1/s1. The maximum absolute atomic E-state index is 10.3. The van der Waals surface area contributed by atoms with Gasteiger partial charge in [-0.1, -0.05) is 60.7 Å². The number of aromatic nitrogens is 1. The van der Waals surface area contributed by atoms with Crippen LogP contribution in [0.1, 0.15) is 11.1 Å². The Bertz CT molecular complexity index is 1260. The van der Waals surface area contributed by atoms with Crippen LogP contribution in [0.3, 0.4) is 0 Å². The van der Waals surface area contributed by atoms with Gasteiger partial charge < -0.3 is 35.0 Å². The van der Waals surface area contributed by atoms with Crippen LogP contribution < -0.4 is 4.89 Å². The average Bonchev–Trinajstić information content (AvgIpc) is 3.30. The lowest BCUT2D eigenvalue weighted by atomic mass is 9.99. The molecule has 1 aliphatic rings. The maximum atomic E-state index is 10.3. The normalized spacial score (nSPS) is 24.5. The summed E-state index contributed by atoms with van der Waals surface area (Å²) in [7, 11) is 0. The van der Waals surface area contributed by atoms with Crippen molar-refractivity contribution in [1.82, 2.24) is 4.98 Å². The minimum absolute atomic E-state index is 0.387. The van der Waals surface area contributed by atoms with Crippen molar-refractivity contribution in [1.29, 1.82) is 0 Å². The topological polar surface area (TPSA) is 124 Å². The summed E-state index contributed by atoms with van der Waals surface area (Å²) in [4.78, 5) is 14.1. The molecule has 0 saturated carbocycles. The second-order valence-electron chi connectivity index (χ2n) is 8.61. The van der Waals surface area contributed by atoms with E-state index in [1.165, 1.54) is 0 Å². The Morgan fingerprint density at radius 1 is 0.829 bits per heavy atom. The van der Waals surface area contributed by atoms with Crippen molar-refractivity contribution < 1.29 is 34.9 Å². The number of aliphatic hydroxyl groups excluding tert-OH is 4. The quantitative estimate of drug-likeness (QED) is 0.205. The minimum atomic E-state index is -1.58. The predicted molar refractivity (Wildman–Crippen MR) is 128 cm³/mol. The highest BCUT2D eigenvalue weighted by molar-refractivity contribution is 5.89. The molecule has 0 aliphatic carbocycles. The van der Waals surface area contributed by atoms with Crippen molar-refractivity contribution >= 4 is 10.9 Å². The molecule has 2 heterocycles. The van der Waals surface area contributed by atoms with Crippen LogP contribution in [-0.4, -0.2) is 62.7 Å². The van der Waals surface area contributed by atoms with Crippen LogP contribution in [-0.2, 0) is 16.0 Å². The molecule has 1 aromatic heterocycles. The number of aromatic amines is 1. The van der Waals surface area contributed by atoms with Crippen molar-refractivity contribution in [2.75, 3.05) is 6.61 Å². The fourth-order valence-corrected chi connectivity index (χ4v) is 4.38. The van der Waals surface area contributed by atoms with Gasteiger partial charge in [-0.25, -0.2) is 0 Å². The molecule has 4 aromatic rings. The van der Waals surface area contributed by atoms with E-state index in [1.54, 1.807) is 12.1 Å². The lowest BCUT2D eigenvalue weighted by molar-refractivity contribution is -0.364. The third-order valence-electron chi connectivity index (χ3n) is 6.30. The zero-order valence-corrected chi connectivity index (χ0v) is 18.8. The number of aliphatic hydroxyl groups is 4. The van der Waals surface area contributed by atoms with Crippen molar-refractivity contribution in [2.45, 2.75) is 37.1 Å². The summed E-state index contributed by atoms with van der Waals surface area (Å²) < 4.78 is 5.12. The van der Waals surface area contributed by atoms with Crippen molar-refractivity contribution in [3.8, 4) is 16.9 Å². The smallest absolute Gasteiger partial charge is 0.188 e. The minimum Gasteiger partial charge on any atom is -0.394 e. The monoisotopic (exact) mass is 477 g/mol. The summed E-state index contributed by atoms with van der Waals surface area (Å²) in [5.41, 5.74) is 5.23. The number of benzene rings is 3. The first-order valence-corrected chi connectivity index (χ1v) is 11.4. The van der Waals surface area contributed by atoms with Crippen molar-refractivity contribution in [3.63, 3.8) is 0 Å². The third-order valence-corrected chi connectivity index (χ3v) is 6.30. The Morgan fingerprint density at radius 3 is 2.31 bits per heavy atom. The second kappa shape index (κ2) is 10.2. The molecule has 0 unspecified atom stereocenters. The first-order valence-electron chi connectivity index (χ1n) is 11.4. The molecule has 8 heteroatoms. The predicted octanol–water partition coefficient (Wildman–Crippen LogP) is 2.54. The molecule has 1 fully saturated rings. The van der Waals surface area contributed by atoms with Crippen molar-refractivity contribution in [2.24, 2.45) is 0 Å². The Hall–Kier alpha value is -3.24. The summed E-state index contributed by atoms with van der Waals surface area (Å²) in [6.45, 7) is -0.554. The molecule has 8 nitrogen and oxygen atoms in total. The molecule has 5 rings (SSSR count). The van der Waals surface area contributed by atoms with E-state index < -0.39 is 37.3 Å². The molecular weight excluding hydrogens is 450 g/mol. The average molecular weight is 478 g/mol. The van der Waals surface area contributed by atoms with Gasteiger partial charge in [0.1, 0.15) is 18.3 Å². The van der Waals surface area contributed by atoms with E-state index in [0.717, 1.165) is 33.2 Å².